The number of carboxylic acids is 2. The monoisotopic (exact) mass is 512 g/mol. The Labute approximate surface area is 191 Å². The van der Waals surface area contributed by atoms with Gasteiger partial charge >= 0.3 is 11.9 Å². The van der Waals surface area contributed by atoms with Crippen LogP contribution in [0.4, 0.5) is 0 Å². The van der Waals surface area contributed by atoms with E-state index in [0.29, 0.717) is 0 Å². The van der Waals surface area contributed by atoms with Crippen molar-refractivity contribution in [1.82, 2.24) is 16.0 Å². The van der Waals surface area contributed by atoms with Crippen molar-refractivity contribution < 1.29 is 56.7 Å². The van der Waals surface area contributed by atoms with Crippen molar-refractivity contribution in [3.05, 3.63) is 0 Å². The molecule has 0 heterocycles. The van der Waals surface area contributed by atoms with E-state index in [2.05, 4.69) is 0 Å². The number of hydrogen-bond donors (Lipinski definition) is 9. The van der Waals surface area contributed by atoms with E-state index in [-0.39, 0.29) is 0 Å². The van der Waals surface area contributed by atoms with Crippen molar-refractivity contribution >= 4 is 51.6 Å². The van der Waals surface area contributed by atoms with Crippen LogP contribution in [0.2, 0.25) is 0 Å². The van der Waals surface area contributed by atoms with E-state index >= 15 is 0 Å². The molecule has 0 unspecified atom stereocenters. The lowest BCUT2D eigenvalue weighted by Gasteiger charge is -2.22. The Morgan fingerprint density at radius 3 is 1.56 bits per heavy atom. The number of carboxylic acid groups (broad SMARTS) is 2. The maximum atomic E-state index is 12.3. The number of hydrogen-bond acceptors (Lipinski definition) is 10. The van der Waals surface area contributed by atoms with Gasteiger partial charge in [-0.15, -0.1) is 0 Å². The minimum atomic E-state index is -4.78. The van der Waals surface area contributed by atoms with Gasteiger partial charge in [-0.05, 0) is 0 Å². The molecule has 192 valence electrons. The molecule has 0 aliphatic carbocycles. The molecule has 0 aromatic rings. The van der Waals surface area contributed by atoms with Crippen LogP contribution < -0.4 is 33.2 Å². The molecular formula is C15H24N6O12S. The summed E-state index contributed by atoms with van der Waals surface area (Å²) in [6.07, 6.45) is -2.58. The van der Waals surface area contributed by atoms with Crippen LogP contribution in [0.25, 0.3) is 0 Å². The Hall–Kier alpha value is -3.84. The third-order valence-corrected chi connectivity index (χ3v) is 4.57. The first-order chi connectivity index (χ1) is 15.4. The first kappa shape index (κ1) is 30.2. The fourth-order valence-electron chi connectivity index (χ4n) is 2.29. The molecule has 0 aromatic carbocycles. The quantitative estimate of drug-likeness (QED) is 0.0923. The Kier molecular flexibility index (Phi) is 11.5. The van der Waals surface area contributed by atoms with Gasteiger partial charge < -0.3 is 43.4 Å². The molecule has 4 atom stereocenters. The summed E-state index contributed by atoms with van der Waals surface area (Å²) < 4.78 is 30.4. The lowest BCUT2D eigenvalue weighted by atomic mass is 10.1. The van der Waals surface area contributed by atoms with E-state index in [4.69, 9.17) is 32.0 Å². The van der Waals surface area contributed by atoms with Crippen LogP contribution in [-0.4, -0.2) is 94.6 Å². The minimum absolute atomic E-state index is 0.813. The highest BCUT2D eigenvalue weighted by Gasteiger charge is 2.31. The Morgan fingerprint density at radius 2 is 1.15 bits per heavy atom. The summed E-state index contributed by atoms with van der Waals surface area (Å²) in [4.78, 5) is 80.7. The summed E-state index contributed by atoms with van der Waals surface area (Å²) in [5.74, 6) is -10.7. The molecule has 0 spiro atoms. The van der Waals surface area contributed by atoms with Crippen molar-refractivity contribution in [2.75, 3.05) is 5.75 Å². The fraction of sp³-hybridized carbons (Fsp3) is 0.533. The van der Waals surface area contributed by atoms with Gasteiger partial charge in [0.25, 0.3) is 10.1 Å². The van der Waals surface area contributed by atoms with E-state index in [0.717, 1.165) is 0 Å². The zero-order valence-electron chi connectivity index (χ0n) is 17.3. The predicted molar refractivity (Wildman–Crippen MR) is 108 cm³/mol. The number of carbonyl (C=O) groups is 7. The maximum Gasteiger partial charge on any atom is 0.327 e. The molecule has 0 aliphatic heterocycles. The second kappa shape index (κ2) is 13.0. The average molecular weight is 512 g/mol. The van der Waals surface area contributed by atoms with Crippen LogP contribution in [0.1, 0.15) is 19.3 Å². The van der Waals surface area contributed by atoms with E-state index in [1.807, 2.05) is 10.6 Å². The van der Waals surface area contributed by atoms with Crippen molar-refractivity contribution in [3.63, 3.8) is 0 Å². The first-order valence-corrected chi connectivity index (χ1v) is 10.7. The largest absolute Gasteiger partial charge is 0.480 e. The zero-order chi connectivity index (χ0) is 26.8. The first-order valence-electron chi connectivity index (χ1n) is 9.06. The second-order valence-corrected chi connectivity index (χ2v) is 8.32. The molecule has 5 amide bonds. The topological polar surface area (TPSA) is 328 Å². The van der Waals surface area contributed by atoms with Crippen molar-refractivity contribution in [3.8, 4) is 0 Å². The van der Waals surface area contributed by atoms with Gasteiger partial charge in [-0.1, -0.05) is 0 Å². The number of carbonyl (C=O) groups excluding carboxylic acids is 5. The molecule has 12 N–H and O–H groups in total. The molecule has 0 fully saturated rings. The third kappa shape index (κ3) is 12.3. The number of nitrogens with two attached hydrogens (primary N) is 3. The van der Waals surface area contributed by atoms with Gasteiger partial charge in [0.2, 0.25) is 29.5 Å². The Bertz CT molecular complexity index is 952. The fourth-order valence-corrected chi connectivity index (χ4v) is 2.94. The summed E-state index contributed by atoms with van der Waals surface area (Å²) in [5, 5.41) is 23.5. The lowest BCUT2D eigenvalue weighted by molar-refractivity contribution is -0.144. The minimum Gasteiger partial charge on any atom is -0.480 e. The number of aliphatic carboxylic acids is 2. The van der Waals surface area contributed by atoms with Gasteiger partial charge in [-0.3, -0.25) is 28.5 Å². The summed E-state index contributed by atoms with van der Waals surface area (Å²) >= 11 is 0. The van der Waals surface area contributed by atoms with Crippen LogP contribution in [-0.2, 0) is 43.7 Å². The molecule has 0 aliphatic rings. The molecule has 0 saturated carbocycles. The number of nitrogens with one attached hydrogen (secondary N) is 3. The van der Waals surface area contributed by atoms with Crippen LogP contribution in [0, 0.1) is 0 Å². The summed E-state index contributed by atoms with van der Waals surface area (Å²) in [5.41, 5.74) is 15.4. The SMILES string of the molecule is NC(=O)C[C@@H](NC(=O)[C@@H](CC(N)=O)NC(=O)[C@H](N)CC(=O)N[C@H](CS(=O)(=O)O)C(=O)O)C(=O)O. The molecule has 0 aromatic heterocycles. The van der Waals surface area contributed by atoms with Crippen LogP contribution in [0.5, 0.6) is 0 Å². The predicted octanol–water partition coefficient (Wildman–Crippen LogP) is -6.03. The molecule has 0 rings (SSSR count). The number of amides is 5. The Morgan fingerprint density at radius 1 is 0.706 bits per heavy atom. The van der Waals surface area contributed by atoms with Gasteiger partial charge in [-0.2, -0.15) is 8.42 Å². The van der Waals surface area contributed by atoms with E-state index in [1.54, 1.807) is 5.32 Å². The maximum absolute atomic E-state index is 12.3. The molecule has 34 heavy (non-hydrogen) atoms. The summed E-state index contributed by atoms with van der Waals surface area (Å²) in [6, 6.07) is -7.40. The van der Waals surface area contributed by atoms with Crippen molar-refractivity contribution in [2.45, 2.75) is 43.4 Å². The zero-order valence-corrected chi connectivity index (χ0v) is 18.1. The van der Waals surface area contributed by atoms with Gasteiger partial charge in [0.1, 0.15) is 23.9 Å². The molecule has 0 bridgehead atoms. The van der Waals surface area contributed by atoms with Crippen LogP contribution in [0.15, 0.2) is 0 Å². The molecule has 0 radical (unpaired) electrons. The standard InChI is InChI=1S/C15H24N6O12S/c16-5(1-11(24)19-8(15(29)30)4-34(31,32)33)12(25)20-6(2-9(17)22)13(26)21-7(14(27)28)3-10(18)23/h5-8H,1-4,16H2,(H2,17,22)(H2,18,23)(H,19,24)(H,20,25)(H,21,26)(H,27,28)(H,29,30)(H,31,32,33)/t5-,6-,7-,8-/m1/s1. The highest BCUT2D eigenvalue weighted by molar-refractivity contribution is 7.85. The normalized spacial score (nSPS) is 14.5. The third-order valence-electron chi connectivity index (χ3n) is 3.81. The summed E-state index contributed by atoms with van der Waals surface area (Å²) in [7, 11) is -4.78. The van der Waals surface area contributed by atoms with Crippen molar-refractivity contribution in [2.24, 2.45) is 17.2 Å². The van der Waals surface area contributed by atoms with Gasteiger partial charge in [0.05, 0.1) is 25.3 Å². The van der Waals surface area contributed by atoms with Gasteiger partial charge in [0.15, 0.2) is 0 Å². The highest BCUT2D eigenvalue weighted by atomic mass is 32.2. The van der Waals surface area contributed by atoms with Crippen LogP contribution >= 0.6 is 0 Å². The highest BCUT2D eigenvalue weighted by Crippen LogP contribution is 2.00. The summed E-state index contributed by atoms with van der Waals surface area (Å²) in [6.45, 7) is 0. The molecule has 19 heteroatoms. The average Bonchev–Trinajstić information content (AvgIpc) is 2.64. The van der Waals surface area contributed by atoms with E-state index in [9.17, 15) is 42.0 Å². The lowest BCUT2D eigenvalue weighted by Crippen LogP contribution is -2.56. The van der Waals surface area contributed by atoms with Gasteiger partial charge in [-0.25, -0.2) is 9.59 Å². The number of primary amides is 2. The smallest absolute Gasteiger partial charge is 0.327 e. The Balaban J connectivity index is 5.26. The van der Waals surface area contributed by atoms with E-state index < -0.39 is 101 Å². The molecule has 18 nitrogen and oxygen atoms in total. The number of rotatable bonds is 15. The molecular weight excluding hydrogens is 488 g/mol. The van der Waals surface area contributed by atoms with Gasteiger partial charge in [0, 0.05) is 0 Å². The van der Waals surface area contributed by atoms with Crippen LogP contribution in [0.3, 0.4) is 0 Å². The second-order valence-electron chi connectivity index (χ2n) is 6.82. The van der Waals surface area contributed by atoms with Crippen molar-refractivity contribution in [1.29, 1.82) is 0 Å². The molecule has 0 saturated heterocycles. The van der Waals surface area contributed by atoms with E-state index in [1.165, 1.54) is 0 Å².